The molecule has 1 aliphatic carbocycles. The third-order valence-electron chi connectivity index (χ3n) is 6.84. The average molecular weight is 461 g/mol. The van der Waals surface area contributed by atoms with E-state index < -0.39 is 0 Å². The number of methoxy groups -OCH3 is 1. The van der Waals surface area contributed by atoms with E-state index in [0.717, 1.165) is 40.6 Å². The Morgan fingerprint density at radius 1 is 1.31 bits per heavy atom. The smallest absolute Gasteiger partial charge is 0.303 e. The van der Waals surface area contributed by atoms with E-state index in [4.69, 9.17) is 9.47 Å². The Morgan fingerprint density at radius 2 is 2.10 bits per heavy atom. The lowest BCUT2D eigenvalue weighted by Gasteiger charge is -2.48. The second-order valence-corrected chi connectivity index (χ2v) is 9.83. The number of hydrogen-bond donors (Lipinski definition) is 0. The lowest BCUT2D eigenvalue weighted by molar-refractivity contribution is -0.151. The molecule has 1 saturated carbocycles. The van der Waals surface area contributed by atoms with Crippen LogP contribution in [0.3, 0.4) is 0 Å². The molecule has 1 aromatic carbocycles. The summed E-state index contributed by atoms with van der Waals surface area (Å²) in [5.74, 6) is 2.00. The maximum absolute atomic E-state index is 12.0. The van der Waals surface area contributed by atoms with Crippen molar-refractivity contribution in [2.24, 2.45) is 11.8 Å². The van der Waals surface area contributed by atoms with Gasteiger partial charge in [-0.05, 0) is 62.4 Å². The number of hydrogen-bond acceptors (Lipinski definition) is 5. The number of esters is 1. The predicted molar refractivity (Wildman–Crippen MR) is 117 cm³/mol. The summed E-state index contributed by atoms with van der Waals surface area (Å²) < 4.78 is 11.3. The lowest BCUT2D eigenvalue weighted by atomic mass is 9.68. The molecule has 1 saturated heterocycles. The summed E-state index contributed by atoms with van der Waals surface area (Å²) in [6, 6.07) is 8.49. The van der Waals surface area contributed by atoms with Gasteiger partial charge in [-0.3, -0.25) is 14.7 Å². The third-order valence-corrected chi connectivity index (χ3v) is 7.52. The maximum Gasteiger partial charge on any atom is 0.303 e. The van der Waals surface area contributed by atoms with E-state index in [9.17, 15) is 4.79 Å². The number of ether oxygens (including phenoxy) is 2. The van der Waals surface area contributed by atoms with Crippen molar-refractivity contribution < 1.29 is 14.3 Å². The number of halogens is 1. The molecule has 0 spiro atoms. The van der Waals surface area contributed by atoms with Crippen LogP contribution >= 0.6 is 15.9 Å². The van der Waals surface area contributed by atoms with E-state index >= 15 is 0 Å². The van der Waals surface area contributed by atoms with E-state index in [0.29, 0.717) is 10.9 Å². The molecular formula is C23H29BrN2O3. The summed E-state index contributed by atoms with van der Waals surface area (Å²) in [5.41, 5.74) is 1.87. The Hall–Kier alpha value is -1.66. The van der Waals surface area contributed by atoms with E-state index in [1.165, 1.54) is 19.8 Å². The maximum atomic E-state index is 12.0. The Morgan fingerprint density at radius 3 is 2.79 bits per heavy atom. The van der Waals surface area contributed by atoms with Crippen LogP contribution in [0.4, 0.5) is 0 Å². The molecule has 2 fully saturated rings. The molecular weight excluding hydrogens is 432 g/mol. The minimum absolute atomic E-state index is 0.0947. The van der Waals surface area contributed by atoms with Gasteiger partial charge in [-0.15, -0.1) is 0 Å². The van der Waals surface area contributed by atoms with Crippen molar-refractivity contribution in [2.75, 3.05) is 13.7 Å². The number of carbonyl (C=O) groups is 1. The largest absolute Gasteiger partial charge is 0.497 e. The van der Waals surface area contributed by atoms with Crippen molar-refractivity contribution in [2.45, 2.75) is 56.6 Å². The van der Waals surface area contributed by atoms with E-state index in [2.05, 4.69) is 39.7 Å². The summed E-state index contributed by atoms with van der Waals surface area (Å²) in [5, 5.41) is 0.973. The van der Waals surface area contributed by atoms with Crippen molar-refractivity contribution in [3.05, 3.63) is 36.0 Å². The van der Waals surface area contributed by atoms with E-state index in [1.807, 2.05) is 24.3 Å². The zero-order chi connectivity index (χ0) is 20.7. The number of rotatable bonds is 6. The molecule has 0 bridgehead atoms. The Kier molecular flexibility index (Phi) is 5.85. The molecule has 2 heterocycles. The molecule has 1 aromatic heterocycles. The summed E-state index contributed by atoms with van der Waals surface area (Å²) in [4.78, 5) is 19.6. The molecule has 2 aliphatic rings. The highest BCUT2D eigenvalue weighted by molar-refractivity contribution is 9.09. The second-order valence-electron chi connectivity index (χ2n) is 8.39. The SMILES string of the molecule is COc1ccc2nccc([C@@H](OC(C)=O)C(C)N3CC[C@@H]4C3C[C@@H]4[C@@H](C)Br)c2c1. The van der Waals surface area contributed by atoms with Gasteiger partial charge in [0.25, 0.3) is 0 Å². The molecule has 0 radical (unpaired) electrons. The van der Waals surface area contributed by atoms with Crippen molar-refractivity contribution in [1.29, 1.82) is 0 Å². The molecule has 2 unspecified atom stereocenters. The Bertz CT molecular complexity index is 903. The van der Waals surface area contributed by atoms with Crippen LogP contribution in [0.1, 0.15) is 45.3 Å². The fourth-order valence-corrected chi connectivity index (χ4v) is 5.91. The molecule has 0 N–H and O–H groups in total. The molecule has 29 heavy (non-hydrogen) atoms. The first-order chi connectivity index (χ1) is 13.9. The topological polar surface area (TPSA) is 51.7 Å². The van der Waals surface area contributed by atoms with E-state index in [1.54, 1.807) is 13.3 Å². The van der Waals surface area contributed by atoms with Gasteiger partial charge in [0, 0.05) is 41.0 Å². The number of fused-ring (bicyclic) bond motifs is 2. The summed E-state index contributed by atoms with van der Waals surface area (Å²) in [6.07, 6.45) is 3.88. The molecule has 156 valence electrons. The Labute approximate surface area is 180 Å². The van der Waals surface area contributed by atoms with Gasteiger partial charge in [0.1, 0.15) is 11.9 Å². The normalized spacial score (nSPS) is 27.0. The number of likely N-dealkylation sites (tertiary alicyclic amines) is 1. The van der Waals surface area contributed by atoms with Crippen LogP contribution < -0.4 is 4.74 Å². The van der Waals surface area contributed by atoms with Crippen LogP contribution in [0.2, 0.25) is 0 Å². The zero-order valence-corrected chi connectivity index (χ0v) is 19.1. The second kappa shape index (κ2) is 8.23. The molecule has 6 atom stereocenters. The summed E-state index contributed by atoms with van der Waals surface area (Å²) in [6.45, 7) is 6.98. The first kappa shape index (κ1) is 20.6. The van der Waals surface area contributed by atoms with Crippen molar-refractivity contribution >= 4 is 32.8 Å². The number of alkyl halides is 1. The Balaban J connectivity index is 1.67. The van der Waals surface area contributed by atoms with Gasteiger partial charge in [-0.1, -0.05) is 22.9 Å². The van der Waals surface area contributed by atoms with Crippen LogP contribution in [-0.2, 0) is 9.53 Å². The monoisotopic (exact) mass is 460 g/mol. The third kappa shape index (κ3) is 3.77. The molecule has 5 nitrogen and oxygen atoms in total. The van der Waals surface area contributed by atoms with Gasteiger partial charge < -0.3 is 9.47 Å². The van der Waals surface area contributed by atoms with E-state index in [-0.39, 0.29) is 18.1 Å². The number of pyridine rings is 1. The highest BCUT2D eigenvalue weighted by Crippen LogP contribution is 2.50. The molecule has 2 aromatic rings. The number of benzene rings is 1. The minimum Gasteiger partial charge on any atom is -0.497 e. The van der Waals surface area contributed by atoms with Crippen LogP contribution in [-0.4, -0.2) is 46.4 Å². The quantitative estimate of drug-likeness (QED) is 0.460. The number of nitrogens with zero attached hydrogens (tertiary/aromatic N) is 2. The summed E-state index contributed by atoms with van der Waals surface area (Å²) in [7, 11) is 1.66. The predicted octanol–water partition coefficient (Wildman–Crippen LogP) is 4.73. The average Bonchev–Trinajstić information content (AvgIpc) is 3.00. The number of carbonyl (C=O) groups excluding carboxylic acids is 1. The van der Waals surface area contributed by atoms with Gasteiger partial charge in [-0.25, -0.2) is 0 Å². The van der Waals surface area contributed by atoms with Crippen LogP contribution in [0.25, 0.3) is 10.9 Å². The first-order valence-corrected chi connectivity index (χ1v) is 11.3. The number of aromatic nitrogens is 1. The molecule has 4 rings (SSSR count). The first-order valence-electron chi connectivity index (χ1n) is 10.4. The standard InChI is InChI=1S/C23H29BrN2O3/c1-13(24)19-12-22-17(19)8-10-26(22)14(2)23(29-15(3)27)18-7-9-25-21-6-5-16(28-4)11-20(18)21/h5-7,9,11,13-14,17,19,22-23H,8,10,12H2,1-4H3/t13-,14?,17+,19-,22?,23+/m1/s1. The van der Waals surface area contributed by atoms with Crippen LogP contribution in [0, 0.1) is 11.8 Å². The molecule has 6 heteroatoms. The van der Waals surface area contributed by atoms with Crippen molar-refractivity contribution in [3.8, 4) is 5.75 Å². The zero-order valence-electron chi connectivity index (χ0n) is 17.5. The fourth-order valence-electron chi connectivity index (χ4n) is 5.30. The molecule has 0 amide bonds. The highest BCUT2D eigenvalue weighted by Gasteiger charge is 2.51. The molecule has 1 aliphatic heterocycles. The van der Waals surface area contributed by atoms with Gasteiger partial charge >= 0.3 is 5.97 Å². The van der Waals surface area contributed by atoms with Crippen molar-refractivity contribution in [1.82, 2.24) is 9.88 Å². The van der Waals surface area contributed by atoms with Gasteiger partial charge in [0.05, 0.1) is 12.6 Å². The minimum atomic E-state index is -0.343. The van der Waals surface area contributed by atoms with Crippen molar-refractivity contribution in [3.63, 3.8) is 0 Å². The fraction of sp³-hybridized carbons (Fsp3) is 0.565. The van der Waals surface area contributed by atoms with Gasteiger partial charge in [-0.2, -0.15) is 0 Å². The van der Waals surface area contributed by atoms with Crippen LogP contribution in [0.5, 0.6) is 5.75 Å². The highest BCUT2D eigenvalue weighted by atomic mass is 79.9. The lowest BCUT2D eigenvalue weighted by Crippen LogP contribution is -2.52. The van der Waals surface area contributed by atoms with Gasteiger partial charge in [0.2, 0.25) is 0 Å². The van der Waals surface area contributed by atoms with Crippen LogP contribution in [0.15, 0.2) is 30.5 Å². The summed E-state index contributed by atoms with van der Waals surface area (Å²) >= 11 is 3.78. The van der Waals surface area contributed by atoms with Gasteiger partial charge in [0.15, 0.2) is 0 Å².